The molecule has 9 nitrogen and oxygen atoms in total. The fraction of sp³-hybridized carbons (Fsp3) is 0.519. The minimum Gasteiger partial charge on any atom is -0.494 e. The van der Waals surface area contributed by atoms with Gasteiger partial charge in [0, 0.05) is 70.9 Å². The Balaban J connectivity index is 1.10. The summed E-state index contributed by atoms with van der Waals surface area (Å²) in [6.45, 7) is 10.8. The maximum atomic E-state index is 6.39. The number of nitrogens with one attached hydrogen (secondary N) is 1. The third-order valence-electron chi connectivity index (χ3n) is 7.57. The number of benzene rings is 1. The Labute approximate surface area is 212 Å². The molecule has 0 saturated carbocycles. The second-order valence-electron chi connectivity index (χ2n) is 10.0. The molecule has 2 fully saturated rings. The Hall–Kier alpha value is -3.01. The van der Waals surface area contributed by atoms with Crippen LogP contribution in [0.2, 0.25) is 0 Å². The molecule has 2 saturated heterocycles. The number of hydrogen-bond acceptors (Lipinski definition) is 9. The van der Waals surface area contributed by atoms with Crippen molar-refractivity contribution in [1.29, 1.82) is 0 Å². The van der Waals surface area contributed by atoms with Crippen LogP contribution in [0.15, 0.2) is 36.8 Å². The number of pyridine rings is 1. The SMILES string of the molecule is COc1ccc(N2CC(C)OC(CN3CCN(c4cc5c(cn4)CCNC5)CC3)C2)c2nccnc12. The molecule has 36 heavy (non-hydrogen) atoms. The lowest BCUT2D eigenvalue weighted by atomic mass is 10.0. The van der Waals surface area contributed by atoms with Gasteiger partial charge < -0.3 is 24.6 Å². The van der Waals surface area contributed by atoms with Crippen LogP contribution in [0.4, 0.5) is 11.5 Å². The average Bonchev–Trinajstić information content (AvgIpc) is 2.92. The standard InChI is InChI=1S/C27H35N7O2/c1-19-16-34(23-3-4-24(35-2)27-26(23)29-7-8-30-27)18-22(36-19)17-32-9-11-33(12-10-32)25-13-21-14-28-6-5-20(21)15-31-25/h3-4,7-8,13,15,19,22,28H,5-6,9-12,14,16-18H2,1-2H3. The predicted molar refractivity (Wildman–Crippen MR) is 141 cm³/mol. The second kappa shape index (κ2) is 10.2. The zero-order valence-electron chi connectivity index (χ0n) is 21.2. The second-order valence-corrected chi connectivity index (χ2v) is 10.0. The van der Waals surface area contributed by atoms with Gasteiger partial charge in [0.05, 0.1) is 25.0 Å². The first kappa shape index (κ1) is 23.4. The number of aromatic nitrogens is 3. The van der Waals surface area contributed by atoms with E-state index in [4.69, 9.17) is 14.5 Å². The van der Waals surface area contributed by atoms with E-state index in [0.29, 0.717) is 0 Å². The van der Waals surface area contributed by atoms with E-state index in [2.05, 4.69) is 55.2 Å². The number of hydrogen-bond donors (Lipinski definition) is 1. The molecule has 2 unspecified atom stereocenters. The zero-order chi connectivity index (χ0) is 24.5. The summed E-state index contributed by atoms with van der Waals surface area (Å²) in [6, 6.07) is 6.37. The molecule has 0 radical (unpaired) electrons. The maximum Gasteiger partial charge on any atom is 0.146 e. The van der Waals surface area contributed by atoms with Crippen molar-refractivity contribution in [2.75, 3.05) is 69.3 Å². The zero-order valence-corrected chi connectivity index (χ0v) is 21.2. The highest BCUT2D eigenvalue weighted by Crippen LogP contribution is 2.32. The predicted octanol–water partition coefficient (Wildman–Crippen LogP) is 2.10. The molecule has 6 rings (SSSR count). The van der Waals surface area contributed by atoms with Crippen LogP contribution >= 0.6 is 0 Å². The molecule has 0 amide bonds. The number of rotatable bonds is 5. The van der Waals surface area contributed by atoms with Crippen molar-refractivity contribution in [2.24, 2.45) is 0 Å². The van der Waals surface area contributed by atoms with Gasteiger partial charge in [-0.2, -0.15) is 0 Å². The highest BCUT2D eigenvalue weighted by molar-refractivity contribution is 5.92. The minimum absolute atomic E-state index is 0.141. The molecule has 1 aromatic carbocycles. The fourth-order valence-electron chi connectivity index (χ4n) is 5.75. The third kappa shape index (κ3) is 4.70. The van der Waals surface area contributed by atoms with Gasteiger partial charge >= 0.3 is 0 Å². The van der Waals surface area contributed by atoms with E-state index in [9.17, 15) is 0 Å². The summed E-state index contributed by atoms with van der Waals surface area (Å²) >= 11 is 0. The summed E-state index contributed by atoms with van der Waals surface area (Å²) in [7, 11) is 1.68. The fourth-order valence-corrected chi connectivity index (χ4v) is 5.75. The average molecular weight is 490 g/mol. The van der Waals surface area contributed by atoms with Crippen LogP contribution in [-0.4, -0.2) is 91.5 Å². The minimum atomic E-state index is 0.141. The largest absolute Gasteiger partial charge is 0.494 e. The van der Waals surface area contributed by atoms with Gasteiger partial charge in [0.25, 0.3) is 0 Å². The van der Waals surface area contributed by atoms with Crippen molar-refractivity contribution in [3.63, 3.8) is 0 Å². The number of morpholine rings is 1. The van der Waals surface area contributed by atoms with E-state index in [1.54, 1.807) is 19.5 Å². The summed E-state index contributed by atoms with van der Waals surface area (Å²) < 4.78 is 11.9. The molecule has 3 aliphatic heterocycles. The number of ether oxygens (including phenoxy) is 2. The molecule has 0 aliphatic carbocycles. The van der Waals surface area contributed by atoms with Crippen LogP contribution in [0.25, 0.3) is 11.0 Å². The number of anilines is 2. The first-order chi connectivity index (χ1) is 17.7. The lowest BCUT2D eigenvalue weighted by Gasteiger charge is -2.42. The lowest BCUT2D eigenvalue weighted by molar-refractivity contribution is -0.0327. The maximum absolute atomic E-state index is 6.39. The summed E-state index contributed by atoms with van der Waals surface area (Å²) in [6.07, 6.45) is 6.91. The van der Waals surface area contributed by atoms with Gasteiger partial charge in [-0.25, -0.2) is 9.97 Å². The van der Waals surface area contributed by atoms with Gasteiger partial charge in [-0.3, -0.25) is 9.88 Å². The molecule has 3 aromatic rings. The van der Waals surface area contributed by atoms with Crippen molar-refractivity contribution in [3.8, 4) is 5.75 Å². The van der Waals surface area contributed by atoms with Crippen LogP contribution in [-0.2, 0) is 17.7 Å². The number of methoxy groups -OCH3 is 1. The van der Waals surface area contributed by atoms with Crippen LogP contribution in [0, 0.1) is 0 Å². The van der Waals surface area contributed by atoms with Crippen LogP contribution in [0.1, 0.15) is 18.1 Å². The Kier molecular flexibility index (Phi) is 6.60. The van der Waals surface area contributed by atoms with Crippen LogP contribution < -0.4 is 19.9 Å². The van der Waals surface area contributed by atoms with Gasteiger partial charge in [0.1, 0.15) is 22.6 Å². The van der Waals surface area contributed by atoms with E-state index in [0.717, 1.165) is 93.6 Å². The normalized spacial score (nSPS) is 23.1. The van der Waals surface area contributed by atoms with Gasteiger partial charge in [-0.05, 0) is 49.2 Å². The van der Waals surface area contributed by atoms with Crippen LogP contribution in [0.5, 0.6) is 5.75 Å². The Morgan fingerprint density at radius 1 is 1.00 bits per heavy atom. The van der Waals surface area contributed by atoms with E-state index >= 15 is 0 Å². The van der Waals surface area contributed by atoms with E-state index in [1.807, 2.05) is 6.07 Å². The highest BCUT2D eigenvalue weighted by Gasteiger charge is 2.30. The smallest absolute Gasteiger partial charge is 0.146 e. The van der Waals surface area contributed by atoms with Gasteiger partial charge in [-0.1, -0.05) is 0 Å². The van der Waals surface area contributed by atoms with E-state index in [1.165, 1.54) is 11.1 Å². The first-order valence-corrected chi connectivity index (χ1v) is 13.0. The monoisotopic (exact) mass is 489 g/mol. The molecule has 5 heterocycles. The molecule has 9 heteroatoms. The van der Waals surface area contributed by atoms with Crippen molar-refractivity contribution in [3.05, 3.63) is 47.9 Å². The van der Waals surface area contributed by atoms with Crippen molar-refractivity contribution >= 4 is 22.5 Å². The van der Waals surface area contributed by atoms with Crippen molar-refractivity contribution < 1.29 is 9.47 Å². The molecule has 3 aliphatic rings. The van der Waals surface area contributed by atoms with Gasteiger partial charge in [-0.15, -0.1) is 0 Å². The summed E-state index contributed by atoms with van der Waals surface area (Å²) in [5, 5.41) is 3.47. The van der Waals surface area contributed by atoms with Crippen molar-refractivity contribution in [1.82, 2.24) is 25.2 Å². The summed E-state index contributed by atoms with van der Waals surface area (Å²) in [4.78, 5) is 21.3. The summed E-state index contributed by atoms with van der Waals surface area (Å²) in [5.41, 5.74) is 5.56. The Morgan fingerprint density at radius 2 is 1.83 bits per heavy atom. The molecule has 0 spiro atoms. The molecular weight excluding hydrogens is 454 g/mol. The quantitative estimate of drug-likeness (QED) is 0.580. The van der Waals surface area contributed by atoms with Gasteiger partial charge in [0.15, 0.2) is 0 Å². The molecule has 0 bridgehead atoms. The number of fused-ring (bicyclic) bond motifs is 2. The topological polar surface area (TPSA) is 78.9 Å². The molecular formula is C27H35N7O2. The van der Waals surface area contributed by atoms with Crippen LogP contribution in [0.3, 0.4) is 0 Å². The number of piperazine rings is 1. The molecule has 1 N–H and O–H groups in total. The summed E-state index contributed by atoms with van der Waals surface area (Å²) in [5.74, 6) is 1.86. The molecule has 2 atom stereocenters. The van der Waals surface area contributed by atoms with E-state index < -0.39 is 0 Å². The van der Waals surface area contributed by atoms with E-state index in [-0.39, 0.29) is 12.2 Å². The van der Waals surface area contributed by atoms with Gasteiger partial charge in [0.2, 0.25) is 0 Å². The highest BCUT2D eigenvalue weighted by atomic mass is 16.5. The Bertz CT molecular complexity index is 1210. The molecule has 190 valence electrons. The third-order valence-corrected chi connectivity index (χ3v) is 7.57. The number of nitrogens with zero attached hydrogens (tertiary/aromatic N) is 6. The van der Waals surface area contributed by atoms with Crippen molar-refractivity contribution in [2.45, 2.75) is 32.1 Å². The Morgan fingerprint density at radius 3 is 2.67 bits per heavy atom. The lowest BCUT2D eigenvalue weighted by Crippen LogP contribution is -2.54. The first-order valence-electron chi connectivity index (χ1n) is 13.0. The molecule has 2 aromatic heterocycles.